The van der Waals surface area contributed by atoms with Crippen LogP contribution < -0.4 is 9.64 Å². The topological polar surface area (TPSA) is 49.8 Å². The first-order valence-electron chi connectivity index (χ1n) is 8.65. The molecule has 2 aromatic carbocycles. The van der Waals surface area contributed by atoms with Gasteiger partial charge in [0.1, 0.15) is 12.4 Å². The lowest BCUT2D eigenvalue weighted by Gasteiger charge is -2.26. The van der Waals surface area contributed by atoms with Crippen LogP contribution in [0, 0.1) is 5.92 Å². The lowest BCUT2D eigenvalue weighted by Crippen LogP contribution is -2.32. The number of anilines is 1. The summed E-state index contributed by atoms with van der Waals surface area (Å²) in [6, 6.07) is 15.7. The zero-order valence-electron chi connectivity index (χ0n) is 14.5. The minimum absolute atomic E-state index is 0.206. The summed E-state index contributed by atoms with van der Waals surface area (Å²) in [6.45, 7) is 0.160. The molecule has 2 atom stereocenters. The van der Waals surface area contributed by atoms with Crippen LogP contribution in [-0.4, -0.2) is 29.8 Å². The van der Waals surface area contributed by atoms with E-state index in [4.69, 9.17) is 9.84 Å². The normalized spacial score (nSPS) is 19.9. The third-order valence-electron chi connectivity index (χ3n) is 4.70. The highest BCUT2D eigenvalue weighted by atomic mass is 19.4. The zero-order chi connectivity index (χ0) is 19.4. The van der Waals surface area contributed by atoms with Crippen molar-refractivity contribution in [1.29, 1.82) is 0 Å². The van der Waals surface area contributed by atoms with Crippen LogP contribution in [0.25, 0.3) is 0 Å². The maximum atomic E-state index is 13.1. The Morgan fingerprint density at radius 1 is 1.11 bits per heavy atom. The van der Waals surface area contributed by atoms with Gasteiger partial charge in [-0.05, 0) is 36.2 Å². The Balaban J connectivity index is 1.69. The molecular formula is C20H20F3NO3. The van der Waals surface area contributed by atoms with E-state index in [1.165, 1.54) is 4.90 Å². The van der Waals surface area contributed by atoms with Gasteiger partial charge in [0, 0.05) is 18.3 Å². The van der Waals surface area contributed by atoms with E-state index in [0.717, 1.165) is 5.56 Å². The molecule has 27 heavy (non-hydrogen) atoms. The van der Waals surface area contributed by atoms with Crippen LogP contribution in [0.1, 0.15) is 18.4 Å². The number of benzene rings is 2. The van der Waals surface area contributed by atoms with Gasteiger partial charge in [0.15, 0.2) is 0 Å². The molecule has 0 aromatic heterocycles. The monoisotopic (exact) mass is 379 g/mol. The van der Waals surface area contributed by atoms with Crippen LogP contribution >= 0.6 is 0 Å². The van der Waals surface area contributed by atoms with Crippen LogP contribution in [0.2, 0.25) is 0 Å². The fourth-order valence-electron chi connectivity index (χ4n) is 3.34. The molecule has 2 aromatic rings. The van der Waals surface area contributed by atoms with Crippen molar-refractivity contribution in [3.63, 3.8) is 0 Å². The van der Waals surface area contributed by atoms with Crippen LogP contribution in [0.3, 0.4) is 0 Å². The lowest BCUT2D eigenvalue weighted by atomic mass is 10.0. The van der Waals surface area contributed by atoms with Crippen molar-refractivity contribution in [3.8, 4) is 5.75 Å². The summed E-state index contributed by atoms with van der Waals surface area (Å²) in [4.78, 5) is 12.6. The molecule has 3 rings (SSSR count). The Morgan fingerprint density at radius 3 is 2.37 bits per heavy atom. The van der Waals surface area contributed by atoms with Crippen LogP contribution in [-0.2, 0) is 11.4 Å². The molecule has 1 aliphatic rings. The fourth-order valence-corrected chi connectivity index (χ4v) is 3.34. The smallest absolute Gasteiger partial charge is 0.393 e. The fraction of sp³-hybridized carbons (Fsp3) is 0.350. The molecule has 0 aliphatic carbocycles. The SMILES string of the molecule is O=C(O)CC1CC(C(F)(F)F)CN1c1ccc(OCc2ccccc2)cc1. The molecule has 1 N–H and O–H groups in total. The maximum Gasteiger partial charge on any atom is 0.393 e. The second-order valence-corrected chi connectivity index (χ2v) is 6.65. The number of carboxylic acid groups (broad SMARTS) is 1. The standard InChI is InChI=1S/C20H20F3NO3/c21-20(22,23)15-10-17(11-19(25)26)24(12-15)16-6-8-18(9-7-16)27-13-14-4-2-1-3-5-14/h1-9,15,17H,10-13H2,(H,25,26). The second kappa shape index (κ2) is 7.90. The third-order valence-corrected chi connectivity index (χ3v) is 4.70. The molecule has 1 aliphatic heterocycles. The van der Waals surface area contributed by atoms with Crippen LogP contribution in [0.4, 0.5) is 18.9 Å². The predicted octanol–water partition coefficient (Wildman–Crippen LogP) is 4.50. The highest BCUT2D eigenvalue weighted by Crippen LogP contribution is 2.40. The van der Waals surface area contributed by atoms with E-state index in [2.05, 4.69) is 0 Å². The number of carboxylic acids is 1. The Labute approximate surface area is 155 Å². The van der Waals surface area contributed by atoms with E-state index in [0.29, 0.717) is 18.0 Å². The third kappa shape index (κ3) is 4.93. The van der Waals surface area contributed by atoms with E-state index >= 15 is 0 Å². The Hall–Kier alpha value is -2.70. The first kappa shape index (κ1) is 19.1. The van der Waals surface area contributed by atoms with Gasteiger partial charge in [-0.3, -0.25) is 4.79 Å². The number of alkyl halides is 3. The molecule has 0 radical (unpaired) electrons. The van der Waals surface area contributed by atoms with Gasteiger partial charge in [0.05, 0.1) is 12.3 Å². The van der Waals surface area contributed by atoms with Gasteiger partial charge in [-0.2, -0.15) is 13.2 Å². The zero-order valence-corrected chi connectivity index (χ0v) is 14.5. The summed E-state index contributed by atoms with van der Waals surface area (Å²) in [5, 5.41) is 9.02. The summed E-state index contributed by atoms with van der Waals surface area (Å²) in [7, 11) is 0. The van der Waals surface area contributed by atoms with Crippen molar-refractivity contribution in [1.82, 2.24) is 0 Å². The van der Waals surface area contributed by atoms with Crippen LogP contribution in [0.5, 0.6) is 5.75 Å². The Kier molecular flexibility index (Phi) is 5.58. The minimum Gasteiger partial charge on any atom is -0.489 e. The lowest BCUT2D eigenvalue weighted by molar-refractivity contribution is -0.169. The first-order chi connectivity index (χ1) is 12.8. The molecule has 2 unspecified atom stereocenters. The van der Waals surface area contributed by atoms with Crippen LogP contribution in [0.15, 0.2) is 54.6 Å². The number of nitrogens with zero attached hydrogens (tertiary/aromatic N) is 1. The van der Waals surface area contributed by atoms with E-state index in [-0.39, 0.29) is 19.4 Å². The summed E-state index contributed by atoms with van der Waals surface area (Å²) in [5.41, 5.74) is 1.58. The van der Waals surface area contributed by atoms with Gasteiger partial charge < -0.3 is 14.7 Å². The number of halogens is 3. The van der Waals surface area contributed by atoms with E-state index in [9.17, 15) is 18.0 Å². The quantitative estimate of drug-likeness (QED) is 0.803. The van der Waals surface area contributed by atoms with E-state index in [1.807, 2.05) is 30.3 Å². The maximum absolute atomic E-state index is 13.1. The summed E-state index contributed by atoms with van der Waals surface area (Å²) < 4.78 is 45.0. The van der Waals surface area contributed by atoms with E-state index < -0.39 is 24.1 Å². The number of hydrogen-bond acceptors (Lipinski definition) is 3. The van der Waals surface area contributed by atoms with Crippen molar-refractivity contribution >= 4 is 11.7 Å². The molecule has 1 saturated heterocycles. The largest absolute Gasteiger partial charge is 0.489 e. The van der Waals surface area contributed by atoms with Crippen molar-refractivity contribution in [2.24, 2.45) is 5.92 Å². The Bertz CT molecular complexity index is 762. The summed E-state index contributed by atoms with van der Waals surface area (Å²) >= 11 is 0. The molecule has 1 fully saturated rings. The van der Waals surface area contributed by atoms with Gasteiger partial charge in [-0.1, -0.05) is 30.3 Å². The highest BCUT2D eigenvalue weighted by Gasteiger charge is 2.47. The molecule has 7 heteroatoms. The van der Waals surface area contributed by atoms with E-state index in [1.54, 1.807) is 24.3 Å². The average Bonchev–Trinajstić information content (AvgIpc) is 3.05. The van der Waals surface area contributed by atoms with Gasteiger partial charge >= 0.3 is 12.1 Å². The number of aliphatic carboxylic acids is 1. The predicted molar refractivity (Wildman–Crippen MR) is 94.8 cm³/mol. The molecular weight excluding hydrogens is 359 g/mol. The van der Waals surface area contributed by atoms with Crippen molar-refractivity contribution in [2.75, 3.05) is 11.4 Å². The molecule has 0 spiro atoms. The Morgan fingerprint density at radius 2 is 1.78 bits per heavy atom. The summed E-state index contributed by atoms with van der Waals surface area (Å²) in [6.07, 6.45) is -4.86. The van der Waals surface area contributed by atoms with Crippen molar-refractivity contribution < 1.29 is 27.8 Å². The van der Waals surface area contributed by atoms with Crippen molar-refractivity contribution in [3.05, 3.63) is 60.2 Å². The molecule has 0 bridgehead atoms. The highest BCUT2D eigenvalue weighted by molar-refractivity contribution is 5.69. The van der Waals surface area contributed by atoms with Crippen molar-refractivity contribution in [2.45, 2.75) is 31.7 Å². The number of rotatable bonds is 6. The second-order valence-electron chi connectivity index (χ2n) is 6.65. The number of hydrogen-bond donors (Lipinski definition) is 1. The summed E-state index contributed by atoms with van der Waals surface area (Å²) in [5.74, 6) is -2.02. The number of ether oxygens (including phenoxy) is 1. The molecule has 144 valence electrons. The average molecular weight is 379 g/mol. The van der Waals surface area contributed by atoms with Gasteiger partial charge in [-0.15, -0.1) is 0 Å². The molecule has 0 amide bonds. The molecule has 0 saturated carbocycles. The van der Waals surface area contributed by atoms with Gasteiger partial charge in [-0.25, -0.2) is 0 Å². The number of carbonyl (C=O) groups is 1. The molecule has 1 heterocycles. The van der Waals surface area contributed by atoms with Gasteiger partial charge in [0.25, 0.3) is 0 Å². The minimum atomic E-state index is -4.33. The molecule has 4 nitrogen and oxygen atoms in total. The first-order valence-corrected chi connectivity index (χ1v) is 8.65. The van der Waals surface area contributed by atoms with Gasteiger partial charge in [0.2, 0.25) is 0 Å².